The van der Waals surface area contributed by atoms with Crippen LogP contribution in [0, 0.1) is 0 Å². The second kappa shape index (κ2) is 6.56. The Morgan fingerprint density at radius 3 is 1.87 bits per heavy atom. The highest BCUT2D eigenvalue weighted by Gasteiger charge is 1.96. The van der Waals surface area contributed by atoms with Crippen LogP contribution in [-0.2, 0) is 6.61 Å². The van der Waals surface area contributed by atoms with Gasteiger partial charge in [-0.15, -0.1) is 0 Å². The molecule has 0 aliphatic carbocycles. The fraction of sp³-hybridized carbons (Fsp3) is 0.0833. The van der Waals surface area contributed by atoms with Crippen molar-refractivity contribution in [2.24, 2.45) is 0 Å². The van der Waals surface area contributed by atoms with Gasteiger partial charge in [-0.1, -0.05) is 36.4 Å². The number of hydrogen-bond donors (Lipinski definition) is 1. The lowest BCUT2D eigenvalue weighted by Crippen LogP contribution is -1.74. The third kappa shape index (κ3) is 4.24. The van der Waals surface area contributed by atoms with Gasteiger partial charge in [-0.05, 0) is 12.1 Å². The van der Waals surface area contributed by atoms with Crippen LogP contribution in [0.2, 0.25) is 0 Å². The first-order valence-corrected chi connectivity index (χ1v) is 4.51. The van der Waals surface area contributed by atoms with Crippen molar-refractivity contribution in [3.05, 3.63) is 60.1 Å². The van der Waals surface area contributed by atoms with Gasteiger partial charge in [0.1, 0.15) is 12.4 Å². The van der Waals surface area contributed by atoms with Gasteiger partial charge in [-0.3, -0.25) is 4.79 Å². The predicted molar refractivity (Wildman–Crippen MR) is 56.5 cm³/mol. The zero-order valence-electron chi connectivity index (χ0n) is 8.17. The molecule has 2 rings (SSSR count). The first-order valence-electron chi connectivity index (χ1n) is 4.51. The fourth-order valence-corrected chi connectivity index (χ4v) is 0.928. The number of benzene rings is 1. The molecular formula is C12H12O3. The Balaban J connectivity index is 0.000000162. The highest BCUT2D eigenvalue weighted by Crippen LogP contribution is 2.03. The highest BCUT2D eigenvalue weighted by atomic mass is 16.4. The number of carbonyl (C=O) groups excluding carboxylic acids is 1. The van der Waals surface area contributed by atoms with Crippen molar-refractivity contribution in [3.63, 3.8) is 0 Å². The molecule has 1 heterocycles. The summed E-state index contributed by atoms with van der Waals surface area (Å²) in [6.07, 6.45) is 0.596. The number of aliphatic hydroxyl groups excluding tert-OH is 1. The quantitative estimate of drug-likeness (QED) is 0.763. The van der Waals surface area contributed by atoms with Crippen molar-refractivity contribution in [1.82, 2.24) is 0 Å². The van der Waals surface area contributed by atoms with Crippen molar-refractivity contribution in [2.45, 2.75) is 6.61 Å². The average Bonchev–Trinajstić information content (AvgIpc) is 2.80. The molecule has 0 amide bonds. The lowest BCUT2D eigenvalue weighted by Gasteiger charge is -1.82. The zero-order valence-corrected chi connectivity index (χ0v) is 8.17. The zero-order chi connectivity index (χ0) is 10.9. The molecule has 0 radical (unpaired) electrons. The Morgan fingerprint density at radius 1 is 1.07 bits per heavy atom. The van der Waals surface area contributed by atoms with E-state index in [2.05, 4.69) is 0 Å². The average molecular weight is 204 g/mol. The molecule has 0 aliphatic heterocycles. The van der Waals surface area contributed by atoms with Crippen LogP contribution in [0.15, 0.2) is 52.9 Å². The maximum Gasteiger partial charge on any atom is 0.185 e. The third-order valence-electron chi connectivity index (χ3n) is 1.62. The summed E-state index contributed by atoms with van der Waals surface area (Å²) in [5, 5.41) is 8.44. The summed E-state index contributed by atoms with van der Waals surface area (Å²) < 4.78 is 4.76. The van der Waals surface area contributed by atoms with Gasteiger partial charge in [0.25, 0.3) is 0 Å². The van der Waals surface area contributed by atoms with Crippen LogP contribution in [0.25, 0.3) is 0 Å². The van der Waals surface area contributed by atoms with E-state index in [1.807, 2.05) is 36.4 Å². The van der Waals surface area contributed by atoms with Crippen molar-refractivity contribution < 1.29 is 14.3 Å². The molecule has 0 atom stereocenters. The largest absolute Gasteiger partial charge is 0.456 e. The summed E-state index contributed by atoms with van der Waals surface area (Å²) in [5.41, 5.74) is 0. The molecule has 0 unspecified atom stereocenters. The van der Waals surface area contributed by atoms with Crippen molar-refractivity contribution in [2.75, 3.05) is 0 Å². The van der Waals surface area contributed by atoms with Crippen LogP contribution in [-0.4, -0.2) is 11.4 Å². The van der Waals surface area contributed by atoms with Crippen LogP contribution in [0.4, 0.5) is 0 Å². The van der Waals surface area contributed by atoms with E-state index in [0.717, 1.165) is 0 Å². The first kappa shape index (κ1) is 11.2. The van der Waals surface area contributed by atoms with Gasteiger partial charge in [0.2, 0.25) is 0 Å². The molecule has 1 aromatic carbocycles. The monoisotopic (exact) mass is 204 g/mol. The minimum atomic E-state index is -0.159. The van der Waals surface area contributed by atoms with Gasteiger partial charge in [-0.25, -0.2) is 0 Å². The lowest BCUT2D eigenvalue weighted by molar-refractivity contribution is 0.109. The molecule has 0 spiro atoms. The van der Waals surface area contributed by atoms with Gasteiger partial charge in [0.15, 0.2) is 12.0 Å². The van der Waals surface area contributed by atoms with Gasteiger partial charge < -0.3 is 9.52 Å². The lowest BCUT2D eigenvalue weighted by atomic mass is 10.4. The molecule has 3 nitrogen and oxygen atoms in total. The molecule has 3 heteroatoms. The Labute approximate surface area is 88.0 Å². The first-order chi connectivity index (χ1) is 7.36. The molecule has 2 aromatic rings. The Morgan fingerprint density at radius 2 is 1.60 bits per heavy atom. The molecule has 1 N–H and O–H groups in total. The number of aliphatic hydroxyl groups is 1. The minimum absolute atomic E-state index is 0.159. The summed E-state index contributed by atoms with van der Waals surface area (Å²) in [6, 6.07) is 15.1. The number of hydrogen-bond acceptors (Lipinski definition) is 3. The summed E-state index contributed by atoms with van der Waals surface area (Å²) >= 11 is 0. The smallest absolute Gasteiger partial charge is 0.185 e. The summed E-state index contributed by atoms with van der Waals surface area (Å²) in [5.74, 6) is 0.663. The molecule has 0 aliphatic rings. The van der Waals surface area contributed by atoms with Gasteiger partial charge >= 0.3 is 0 Å². The molecule has 1 aromatic heterocycles. The van der Waals surface area contributed by atoms with E-state index >= 15 is 0 Å². The number of rotatable bonds is 2. The maximum atomic E-state index is 9.96. The van der Waals surface area contributed by atoms with Crippen molar-refractivity contribution in [1.29, 1.82) is 0 Å². The van der Waals surface area contributed by atoms with Crippen LogP contribution in [0.5, 0.6) is 0 Å². The highest BCUT2D eigenvalue weighted by molar-refractivity contribution is 5.70. The minimum Gasteiger partial charge on any atom is -0.456 e. The van der Waals surface area contributed by atoms with Crippen LogP contribution < -0.4 is 0 Å². The predicted octanol–water partition coefficient (Wildman–Crippen LogP) is 2.27. The molecule has 0 bridgehead atoms. The van der Waals surface area contributed by atoms with Gasteiger partial charge in [0.05, 0.1) is 0 Å². The molecule has 0 saturated heterocycles. The topological polar surface area (TPSA) is 50.4 Å². The molecule has 0 saturated carbocycles. The summed E-state index contributed by atoms with van der Waals surface area (Å²) in [4.78, 5) is 9.96. The standard InChI is InChI=1S/C6H6O3.C6H6/c7-3-5-1-2-6(4-8)9-5;1-2-4-6-5-3-1/h1-3,8H,4H2;1-6H. The SMILES string of the molecule is O=Cc1ccc(CO)o1.c1ccccc1. The van der Waals surface area contributed by atoms with E-state index in [9.17, 15) is 4.79 Å². The van der Waals surface area contributed by atoms with E-state index in [0.29, 0.717) is 12.0 Å². The molecule has 78 valence electrons. The van der Waals surface area contributed by atoms with Crippen molar-refractivity contribution in [3.8, 4) is 0 Å². The van der Waals surface area contributed by atoms with Crippen LogP contribution in [0.3, 0.4) is 0 Å². The number of aldehydes is 1. The molecule has 15 heavy (non-hydrogen) atoms. The normalized spacial score (nSPS) is 8.87. The second-order valence-corrected chi connectivity index (χ2v) is 2.73. The van der Waals surface area contributed by atoms with Gasteiger partial charge in [-0.2, -0.15) is 0 Å². The summed E-state index contributed by atoms with van der Waals surface area (Å²) in [7, 11) is 0. The number of carbonyl (C=O) groups is 1. The maximum absolute atomic E-state index is 9.96. The Kier molecular flexibility index (Phi) is 4.90. The fourth-order valence-electron chi connectivity index (χ4n) is 0.928. The van der Waals surface area contributed by atoms with Crippen molar-refractivity contribution >= 4 is 6.29 Å². The summed E-state index contributed by atoms with van der Waals surface area (Å²) in [6.45, 7) is -0.159. The molecule has 0 fully saturated rings. The van der Waals surface area contributed by atoms with Gasteiger partial charge in [0, 0.05) is 0 Å². The van der Waals surface area contributed by atoms with E-state index in [4.69, 9.17) is 9.52 Å². The third-order valence-corrected chi connectivity index (χ3v) is 1.62. The van der Waals surface area contributed by atoms with E-state index < -0.39 is 0 Å². The number of furan rings is 1. The van der Waals surface area contributed by atoms with Crippen LogP contribution >= 0.6 is 0 Å². The van der Waals surface area contributed by atoms with E-state index in [1.54, 1.807) is 6.07 Å². The molecular weight excluding hydrogens is 192 g/mol. The second-order valence-electron chi connectivity index (χ2n) is 2.73. The van der Waals surface area contributed by atoms with E-state index in [-0.39, 0.29) is 12.4 Å². The van der Waals surface area contributed by atoms with E-state index in [1.165, 1.54) is 6.07 Å². The Bertz CT molecular complexity index is 352. The van der Waals surface area contributed by atoms with Crippen LogP contribution in [0.1, 0.15) is 16.3 Å². The Hall–Kier alpha value is -1.87.